The molecule has 0 fully saturated rings. The van der Waals surface area contributed by atoms with E-state index in [4.69, 9.17) is 0 Å². The fourth-order valence-electron chi connectivity index (χ4n) is 2.09. The van der Waals surface area contributed by atoms with Crippen LogP contribution in [0.3, 0.4) is 0 Å². The van der Waals surface area contributed by atoms with Crippen LogP contribution in [-0.2, 0) is 6.54 Å². The van der Waals surface area contributed by atoms with Crippen molar-refractivity contribution in [2.75, 3.05) is 7.05 Å². The zero-order valence-electron chi connectivity index (χ0n) is 11.9. The van der Waals surface area contributed by atoms with Gasteiger partial charge >= 0.3 is 0 Å². The molecule has 3 rings (SSSR count). The Morgan fingerprint density at radius 1 is 1.36 bits per heavy atom. The minimum atomic E-state index is -0.266. The van der Waals surface area contributed by atoms with Crippen molar-refractivity contribution in [1.29, 1.82) is 0 Å². The molecular weight excluding hydrogens is 300 g/mol. The number of benzene rings is 1. The van der Waals surface area contributed by atoms with E-state index in [-0.39, 0.29) is 17.2 Å². The average molecular weight is 314 g/mol. The standard InChI is InChI=1S/C15H14N4O2S/c1-18(10-13-16-7-8-22-13)15(21)12-9-14(20)19(17-12)11-5-3-2-4-6-11/h2-9,17H,10H2,1H3. The predicted octanol–water partition coefficient (Wildman–Crippen LogP) is 1.89. The molecule has 0 aliphatic rings. The van der Waals surface area contributed by atoms with Crippen LogP contribution in [-0.4, -0.2) is 32.6 Å². The molecule has 0 atom stereocenters. The van der Waals surface area contributed by atoms with Gasteiger partial charge in [0, 0.05) is 24.7 Å². The number of amides is 1. The molecule has 112 valence electrons. The van der Waals surface area contributed by atoms with Gasteiger partial charge in [-0.2, -0.15) is 0 Å². The molecule has 1 aromatic carbocycles. The van der Waals surface area contributed by atoms with Crippen LogP contribution in [0.15, 0.2) is 52.8 Å². The first-order valence-electron chi connectivity index (χ1n) is 6.66. The number of para-hydroxylation sites is 1. The topological polar surface area (TPSA) is 71.0 Å². The number of carbonyl (C=O) groups excluding carboxylic acids is 1. The molecule has 22 heavy (non-hydrogen) atoms. The Balaban J connectivity index is 1.83. The highest BCUT2D eigenvalue weighted by molar-refractivity contribution is 7.09. The van der Waals surface area contributed by atoms with Gasteiger partial charge in [0.15, 0.2) is 0 Å². The molecule has 1 N–H and O–H groups in total. The highest BCUT2D eigenvalue weighted by atomic mass is 32.1. The van der Waals surface area contributed by atoms with Gasteiger partial charge in [-0.15, -0.1) is 11.3 Å². The minimum Gasteiger partial charge on any atom is -0.334 e. The number of nitrogens with one attached hydrogen (secondary N) is 1. The summed E-state index contributed by atoms with van der Waals surface area (Å²) in [6.45, 7) is 0.412. The van der Waals surface area contributed by atoms with Gasteiger partial charge in [0.1, 0.15) is 10.7 Å². The first-order chi connectivity index (χ1) is 10.6. The van der Waals surface area contributed by atoms with Crippen molar-refractivity contribution >= 4 is 17.2 Å². The number of aromatic nitrogens is 3. The third kappa shape index (κ3) is 2.84. The molecule has 3 aromatic rings. The van der Waals surface area contributed by atoms with Crippen molar-refractivity contribution in [3.05, 3.63) is 69.0 Å². The molecule has 2 aromatic heterocycles. The molecule has 0 radical (unpaired) electrons. The molecule has 0 spiro atoms. The normalized spacial score (nSPS) is 10.6. The summed E-state index contributed by atoms with van der Waals surface area (Å²) in [6.07, 6.45) is 1.70. The molecule has 0 saturated carbocycles. The van der Waals surface area contributed by atoms with Crippen LogP contribution in [0.5, 0.6) is 0 Å². The van der Waals surface area contributed by atoms with E-state index in [0.717, 1.165) is 5.01 Å². The van der Waals surface area contributed by atoms with E-state index in [9.17, 15) is 9.59 Å². The summed E-state index contributed by atoms with van der Waals surface area (Å²) in [4.78, 5) is 30.1. The second-order valence-corrected chi connectivity index (χ2v) is 5.75. The lowest BCUT2D eigenvalue weighted by molar-refractivity contribution is 0.0778. The SMILES string of the molecule is CN(Cc1nccs1)C(=O)c1cc(=O)n(-c2ccccc2)[nH]1. The van der Waals surface area contributed by atoms with E-state index in [1.807, 2.05) is 23.6 Å². The van der Waals surface area contributed by atoms with Crippen LogP contribution in [0.2, 0.25) is 0 Å². The zero-order valence-corrected chi connectivity index (χ0v) is 12.7. The van der Waals surface area contributed by atoms with Crippen LogP contribution >= 0.6 is 11.3 Å². The maximum atomic E-state index is 12.4. The van der Waals surface area contributed by atoms with Crippen molar-refractivity contribution in [3.8, 4) is 5.69 Å². The number of hydrogen-bond acceptors (Lipinski definition) is 4. The molecule has 6 nitrogen and oxygen atoms in total. The summed E-state index contributed by atoms with van der Waals surface area (Å²) in [7, 11) is 1.68. The van der Waals surface area contributed by atoms with E-state index >= 15 is 0 Å². The number of aromatic amines is 1. The number of hydrogen-bond donors (Lipinski definition) is 1. The first kappa shape index (κ1) is 14.3. The number of carbonyl (C=O) groups is 1. The van der Waals surface area contributed by atoms with Crippen molar-refractivity contribution in [2.24, 2.45) is 0 Å². The van der Waals surface area contributed by atoms with Gasteiger partial charge in [-0.3, -0.25) is 14.7 Å². The Morgan fingerprint density at radius 2 is 2.14 bits per heavy atom. The van der Waals surface area contributed by atoms with Crippen LogP contribution < -0.4 is 5.56 Å². The Bertz CT molecular complexity index is 821. The average Bonchev–Trinajstić information content (AvgIpc) is 3.17. The smallest absolute Gasteiger partial charge is 0.272 e. The molecule has 0 aliphatic carbocycles. The van der Waals surface area contributed by atoms with Gasteiger partial charge < -0.3 is 4.90 Å². The number of rotatable bonds is 4. The molecule has 0 saturated heterocycles. The Labute approximate surface area is 130 Å². The van der Waals surface area contributed by atoms with E-state index < -0.39 is 0 Å². The van der Waals surface area contributed by atoms with Gasteiger partial charge in [0.05, 0.1) is 12.2 Å². The fourth-order valence-corrected chi connectivity index (χ4v) is 2.75. The van der Waals surface area contributed by atoms with Gasteiger partial charge in [0.2, 0.25) is 0 Å². The summed E-state index contributed by atoms with van der Waals surface area (Å²) < 4.78 is 1.35. The molecule has 2 heterocycles. The van der Waals surface area contributed by atoms with Crippen LogP contribution in [0.1, 0.15) is 15.5 Å². The molecule has 0 unspecified atom stereocenters. The van der Waals surface area contributed by atoms with Crippen LogP contribution in [0.25, 0.3) is 5.69 Å². The maximum Gasteiger partial charge on any atom is 0.272 e. The van der Waals surface area contributed by atoms with Gasteiger partial charge in [-0.05, 0) is 12.1 Å². The number of nitrogens with zero attached hydrogens (tertiary/aromatic N) is 3. The molecule has 7 heteroatoms. The fraction of sp³-hybridized carbons (Fsp3) is 0.133. The van der Waals surface area contributed by atoms with E-state index in [2.05, 4.69) is 10.1 Å². The molecule has 0 aliphatic heterocycles. The third-order valence-electron chi connectivity index (χ3n) is 3.17. The second-order valence-electron chi connectivity index (χ2n) is 4.77. The summed E-state index contributed by atoms with van der Waals surface area (Å²) in [5.74, 6) is -0.248. The van der Waals surface area contributed by atoms with E-state index in [0.29, 0.717) is 12.2 Å². The highest BCUT2D eigenvalue weighted by Gasteiger charge is 2.17. The van der Waals surface area contributed by atoms with Crippen molar-refractivity contribution < 1.29 is 4.79 Å². The zero-order chi connectivity index (χ0) is 15.5. The number of thiazole rings is 1. The predicted molar refractivity (Wildman–Crippen MR) is 84.3 cm³/mol. The maximum absolute atomic E-state index is 12.4. The lowest BCUT2D eigenvalue weighted by Crippen LogP contribution is -2.26. The Hall–Kier alpha value is -2.67. The Morgan fingerprint density at radius 3 is 2.82 bits per heavy atom. The molecule has 1 amide bonds. The van der Waals surface area contributed by atoms with Crippen molar-refractivity contribution in [1.82, 2.24) is 19.7 Å². The quantitative estimate of drug-likeness (QED) is 0.799. The summed E-state index contributed by atoms with van der Waals surface area (Å²) >= 11 is 1.49. The van der Waals surface area contributed by atoms with Crippen molar-refractivity contribution in [2.45, 2.75) is 6.54 Å². The largest absolute Gasteiger partial charge is 0.334 e. The monoisotopic (exact) mass is 314 g/mol. The summed E-state index contributed by atoms with van der Waals surface area (Å²) in [6, 6.07) is 10.4. The third-order valence-corrected chi connectivity index (χ3v) is 3.93. The first-order valence-corrected chi connectivity index (χ1v) is 7.54. The van der Waals surface area contributed by atoms with Crippen molar-refractivity contribution in [3.63, 3.8) is 0 Å². The molecule has 0 bridgehead atoms. The summed E-state index contributed by atoms with van der Waals surface area (Å²) in [5, 5.41) is 5.56. The van der Waals surface area contributed by atoms with E-state index in [1.165, 1.54) is 27.0 Å². The van der Waals surface area contributed by atoms with E-state index in [1.54, 1.807) is 25.4 Å². The number of H-pyrrole nitrogens is 1. The van der Waals surface area contributed by atoms with Gasteiger partial charge in [-0.1, -0.05) is 18.2 Å². The van der Waals surface area contributed by atoms with Gasteiger partial charge in [0.25, 0.3) is 11.5 Å². The highest BCUT2D eigenvalue weighted by Crippen LogP contribution is 2.10. The minimum absolute atomic E-state index is 0.248. The Kier molecular flexibility index (Phi) is 3.88. The van der Waals surface area contributed by atoms with Crippen LogP contribution in [0, 0.1) is 0 Å². The van der Waals surface area contributed by atoms with Crippen LogP contribution in [0.4, 0.5) is 0 Å². The van der Waals surface area contributed by atoms with Gasteiger partial charge in [-0.25, -0.2) is 9.67 Å². The second kappa shape index (κ2) is 5.98. The lowest BCUT2D eigenvalue weighted by Gasteiger charge is -2.14. The molecular formula is C15H14N4O2S. The lowest BCUT2D eigenvalue weighted by atomic mass is 10.3. The summed E-state index contributed by atoms with van der Waals surface area (Å²) in [5.41, 5.74) is 0.680.